The number of hydrogen-bond acceptors (Lipinski definition) is 7. The molecule has 0 aliphatic carbocycles. The second-order valence-electron chi connectivity index (χ2n) is 8.01. The van der Waals surface area contributed by atoms with Gasteiger partial charge in [0.15, 0.2) is 5.82 Å². The fraction of sp³-hybridized carbons (Fsp3) is 0.160. The number of sulfonamides is 1. The van der Waals surface area contributed by atoms with Crippen molar-refractivity contribution in [3.63, 3.8) is 0 Å². The first kappa shape index (κ1) is 24.3. The first-order chi connectivity index (χ1) is 16.8. The summed E-state index contributed by atoms with van der Waals surface area (Å²) in [5, 5.41) is 22.7. The van der Waals surface area contributed by atoms with Crippen LogP contribution in [0.3, 0.4) is 0 Å². The molecule has 0 atom stereocenters. The van der Waals surface area contributed by atoms with Crippen molar-refractivity contribution >= 4 is 38.2 Å². The summed E-state index contributed by atoms with van der Waals surface area (Å²) in [5.74, 6) is 0.144. The van der Waals surface area contributed by atoms with Gasteiger partial charge in [-0.2, -0.15) is 0 Å². The van der Waals surface area contributed by atoms with Gasteiger partial charge in [0.2, 0.25) is 15.9 Å². The average Bonchev–Trinajstić information content (AvgIpc) is 2.84. The SMILES string of the molecule is Cc1ccc(-c2nnc(Nc3ccc(CC(N)=O)cc3)c3ccccc23)cc1S(=O)(=O)NCCO. The fourth-order valence-electron chi connectivity index (χ4n) is 3.75. The maximum Gasteiger partial charge on any atom is 0.240 e. The molecule has 180 valence electrons. The van der Waals surface area contributed by atoms with Gasteiger partial charge < -0.3 is 16.2 Å². The number of nitrogens with two attached hydrogens (primary N) is 1. The highest BCUT2D eigenvalue weighted by Crippen LogP contribution is 2.32. The van der Waals surface area contributed by atoms with Gasteiger partial charge in [0.05, 0.1) is 17.9 Å². The molecule has 0 radical (unpaired) electrons. The number of aromatic nitrogens is 2. The van der Waals surface area contributed by atoms with Crippen LogP contribution in [-0.4, -0.2) is 42.8 Å². The van der Waals surface area contributed by atoms with Crippen LogP contribution in [-0.2, 0) is 21.2 Å². The minimum atomic E-state index is -3.80. The summed E-state index contributed by atoms with van der Waals surface area (Å²) >= 11 is 0. The van der Waals surface area contributed by atoms with E-state index in [1.165, 1.54) is 0 Å². The smallest absolute Gasteiger partial charge is 0.240 e. The second-order valence-corrected chi connectivity index (χ2v) is 9.74. The Morgan fingerprint density at radius 1 is 1.00 bits per heavy atom. The van der Waals surface area contributed by atoms with Crippen LogP contribution >= 0.6 is 0 Å². The molecule has 0 bridgehead atoms. The highest BCUT2D eigenvalue weighted by atomic mass is 32.2. The first-order valence-corrected chi connectivity index (χ1v) is 12.4. The van der Waals surface area contributed by atoms with E-state index in [-0.39, 0.29) is 24.5 Å². The zero-order valence-electron chi connectivity index (χ0n) is 19.0. The summed E-state index contributed by atoms with van der Waals surface area (Å²) < 4.78 is 27.8. The maximum atomic E-state index is 12.7. The van der Waals surface area contributed by atoms with Gasteiger partial charge in [0.1, 0.15) is 5.69 Å². The van der Waals surface area contributed by atoms with Crippen molar-refractivity contribution < 1.29 is 18.3 Å². The zero-order valence-corrected chi connectivity index (χ0v) is 19.8. The summed E-state index contributed by atoms with van der Waals surface area (Å²) in [5.41, 5.74) is 8.56. The highest BCUT2D eigenvalue weighted by Gasteiger charge is 2.19. The van der Waals surface area contributed by atoms with E-state index in [4.69, 9.17) is 10.8 Å². The third-order valence-corrected chi connectivity index (χ3v) is 7.04. The van der Waals surface area contributed by atoms with Crippen LogP contribution in [0.1, 0.15) is 11.1 Å². The van der Waals surface area contributed by atoms with E-state index in [1.807, 2.05) is 48.5 Å². The van der Waals surface area contributed by atoms with Crippen LogP contribution in [0.5, 0.6) is 0 Å². The summed E-state index contributed by atoms with van der Waals surface area (Å²) in [6, 6.07) is 20.0. The van der Waals surface area contributed by atoms with Crippen LogP contribution in [0.4, 0.5) is 11.5 Å². The molecule has 0 saturated carbocycles. The van der Waals surface area contributed by atoms with Crippen molar-refractivity contribution in [3.8, 4) is 11.3 Å². The van der Waals surface area contributed by atoms with E-state index in [0.717, 1.165) is 22.0 Å². The number of fused-ring (bicyclic) bond motifs is 1. The Balaban J connectivity index is 1.72. The Morgan fingerprint density at radius 2 is 1.71 bits per heavy atom. The maximum absolute atomic E-state index is 12.7. The van der Waals surface area contributed by atoms with Crippen molar-refractivity contribution in [2.24, 2.45) is 5.73 Å². The summed E-state index contributed by atoms with van der Waals surface area (Å²) in [7, 11) is -3.80. The van der Waals surface area contributed by atoms with Crippen LogP contribution in [0.2, 0.25) is 0 Å². The quantitative estimate of drug-likeness (QED) is 0.281. The van der Waals surface area contributed by atoms with E-state index in [1.54, 1.807) is 25.1 Å². The third kappa shape index (κ3) is 5.46. The Kier molecular flexibility index (Phi) is 7.06. The molecule has 3 aromatic carbocycles. The number of hydrogen-bond donors (Lipinski definition) is 4. The van der Waals surface area contributed by atoms with Gasteiger partial charge in [-0.3, -0.25) is 4.79 Å². The molecule has 35 heavy (non-hydrogen) atoms. The molecule has 5 N–H and O–H groups in total. The number of aliphatic hydroxyl groups excluding tert-OH is 1. The topological polar surface area (TPSA) is 147 Å². The molecule has 4 rings (SSSR count). The number of nitrogens with zero attached hydrogens (tertiary/aromatic N) is 2. The monoisotopic (exact) mass is 491 g/mol. The Bertz CT molecular complexity index is 1490. The van der Waals surface area contributed by atoms with E-state index < -0.39 is 15.9 Å². The van der Waals surface area contributed by atoms with Gasteiger partial charge >= 0.3 is 0 Å². The highest BCUT2D eigenvalue weighted by molar-refractivity contribution is 7.89. The van der Waals surface area contributed by atoms with Crippen molar-refractivity contribution in [1.29, 1.82) is 0 Å². The van der Waals surface area contributed by atoms with Crippen LogP contribution in [0.25, 0.3) is 22.0 Å². The first-order valence-electron chi connectivity index (χ1n) is 10.9. The number of anilines is 2. The number of carbonyl (C=O) groups excluding carboxylic acids is 1. The second kappa shape index (κ2) is 10.2. The largest absolute Gasteiger partial charge is 0.395 e. The number of aryl methyl sites for hydroxylation is 1. The number of aliphatic hydroxyl groups is 1. The predicted molar refractivity (Wildman–Crippen MR) is 135 cm³/mol. The van der Waals surface area contributed by atoms with Crippen LogP contribution < -0.4 is 15.8 Å². The van der Waals surface area contributed by atoms with E-state index >= 15 is 0 Å². The molecule has 0 saturated heterocycles. The van der Waals surface area contributed by atoms with Gasteiger partial charge in [-0.15, -0.1) is 10.2 Å². The lowest BCUT2D eigenvalue weighted by molar-refractivity contribution is -0.117. The number of primary amides is 1. The van der Waals surface area contributed by atoms with E-state index in [2.05, 4.69) is 20.2 Å². The molecule has 0 aliphatic rings. The number of amides is 1. The molecule has 0 unspecified atom stereocenters. The van der Waals surface area contributed by atoms with Crippen LogP contribution in [0.15, 0.2) is 71.6 Å². The van der Waals surface area contributed by atoms with E-state index in [0.29, 0.717) is 22.6 Å². The molecule has 10 heteroatoms. The molecule has 1 heterocycles. The molecule has 4 aromatic rings. The van der Waals surface area contributed by atoms with Crippen LogP contribution in [0, 0.1) is 6.92 Å². The average molecular weight is 492 g/mol. The summed E-state index contributed by atoms with van der Waals surface area (Å²) in [4.78, 5) is 11.2. The summed E-state index contributed by atoms with van der Waals surface area (Å²) in [6.07, 6.45) is 0.168. The standard InChI is InChI=1S/C25H25N5O4S/c1-16-6-9-18(15-22(16)35(33,34)27-12-13-31)24-20-4-2-3-5-21(20)25(30-29-24)28-19-10-7-17(8-11-19)14-23(26)32/h2-11,15,27,31H,12-14H2,1H3,(H2,26,32)(H,28,30). The van der Waals surface area contributed by atoms with Gasteiger partial charge in [0, 0.05) is 28.6 Å². The fourth-order valence-corrected chi connectivity index (χ4v) is 5.04. The Hall–Kier alpha value is -3.86. The number of benzene rings is 3. The lowest BCUT2D eigenvalue weighted by Gasteiger charge is -2.13. The minimum absolute atomic E-state index is 0.0708. The normalized spacial score (nSPS) is 11.5. The van der Waals surface area contributed by atoms with Crippen molar-refractivity contribution in [2.45, 2.75) is 18.2 Å². The van der Waals surface area contributed by atoms with Crippen molar-refractivity contribution in [1.82, 2.24) is 14.9 Å². The molecular formula is C25H25N5O4S. The molecule has 1 aromatic heterocycles. The number of nitrogens with one attached hydrogen (secondary N) is 2. The predicted octanol–water partition coefficient (Wildman–Crippen LogP) is 2.65. The van der Waals surface area contributed by atoms with Gasteiger partial charge in [-0.05, 0) is 36.2 Å². The summed E-state index contributed by atoms with van der Waals surface area (Å²) in [6.45, 7) is 1.35. The van der Waals surface area contributed by atoms with E-state index in [9.17, 15) is 13.2 Å². The molecule has 0 aliphatic heterocycles. The minimum Gasteiger partial charge on any atom is -0.395 e. The molecule has 1 amide bonds. The van der Waals surface area contributed by atoms with Crippen molar-refractivity contribution in [2.75, 3.05) is 18.5 Å². The molecule has 0 fully saturated rings. The lowest BCUT2D eigenvalue weighted by Crippen LogP contribution is -2.27. The van der Waals surface area contributed by atoms with Crippen molar-refractivity contribution in [3.05, 3.63) is 77.9 Å². The van der Waals surface area contributed by atoms with Gasteiger partial charge in [-0.25, -0.2) is 13.1 Å². The van der Waals surface area contributed by atoms with Gasteiger partial charge in [0.25, 0.3) is 0 Å². The lowest BCUT2D eigenvalue weighted by atomic mass is 10.0. The molecular weight excluding hydrogens is 466 g/mol. The Labute approximate surface area is 203 Å². The zero-order chi connectivity index (χ0) is 25.0. The molecule has 9 nitrogen and oxygen atoms in total. The number of carbonyl (C=O) groups is 1. The number of rotatable bonds is 9. The third-order valence-electron chi connectivity index (χ3n) is 5.44. The van der Waals surface area contributed by atoms with Gasteiger partial charge in [-0.1, -0.05) is 48.5 Å². The Morgan fingerprint density at radius 3 is 2.40 bits per heavy atom. The molecule has 0 spiro atoms.